The Morgan fingerprint density at radius 1 is 1.18 bits per heavy atom. The monoisotopic (exact) mass is 470 g/mol. The summed E-state index contributed by atoms with van der Waals surface area (Å²) in [5.74, 6) is 0.306. The van der Waals surface area contributed by atoms with Gasteiger partial charge in [-0.1, -0.05) is 43.3 Å². The molecule has 33 heavy (non-hydrogen) atoms. The maximum atomic E-state index is 12.7. The van der Waals surface area contributed by atoms with Crippen LogP contribution < -0.4 is 0 Å². The number of pyridine rings is 1. The first-order chi connectivity index (χ1) is 15.8. The molecule has 0 unspecified atom stereocenters. The first kappa shape index (κ1) is 23.1. The maximum Gasteiger partial charge on any atom is 0.309 e. The Bertz CT molecular complexity index is 1190. The van der Waals surface area contributed by atoms with Gasteiger partial charge in [-0.25, -0.2) is 8.42 Å². The average Bonchev–Trinajstić information content (AvgIpc) is 3.32. The lowest BCUT2D eigenvalue weighted by molar-refractivity contribution is -0.152. The summed E-state index contributed by atoms with van der Waals surface area (Å²) in [7, 11) is -3.61. The second kappa shape index (κ2) is 9.80. The van der Waals surface area contributed by atoms with Gasteiger partial charge in [0.15, 0.2) is 6.61 Å². The summed E-state index contributed by atoms with van der Waals surface area (Å²) < 4.78 is 37.3. The number of ether oxygens (including phenoxy) is 1. The lowest BCUT2D eigenvalue weighted by Crippen LogP contribution is -2.40. The van der Waals surface area contributed by atoms with Crippen LogP contribution in [0, 0.1) is 5.92 Å². The Kier molecular flexibility index (Phi) is 6.85. The lowest BCUT2D eigenvalue weighted by Gasteiger charge is -2.29. The fraction of sp³-hybridized carbons (Fsp3) is 0.391. The quantitative estimate of drug-likeness (QED) is 0.483. The maximum absolute atomic E-state index is 12.7. The minimum absolute atomic E-state index is 0.121. The molecule has 10 heteroatoms. The average molecular weight is 471 g/mol. The van der Waals surface area contributed by atoms with Crippen LogP contribution in [0.3, 0.4) is 0 Å². The third kappa shape index (κ3) is 5.28. The first-order valence-corrected chi connectivity index (χ1v) is 12.3. The highest BCUT2D eigenvalue weighted by Gasteiger charge is 2.33. The minimum atomic E-state index is -3.61. The molecule has 1 fully saturated rings. The molecule has 2 aromatic heterocycles. The number of carbonyl (C=O) groups excluding carboxylic acids is 1. The minimum Gasteiger partial charge on any atom is -0.455 e. The van der Waals surface area contributed by atoms with Gasteiger partial charge in [0.2, 0.25) is 15.8 Å². The van der Waals surface area contributed by atoms with Crippen LogP contribution in [0.2, 0.25) is 0 Å². The van der Waals surface area contributed by atoms with E-state index in [0.717, 1.165) is 5.56 Å². The predicted octanol–water partition coefficient (Wildman–Crippen LogP) is 3.40. The van der Waals surface area contributed by atoms with Gasteiger partial charge in [-0.3, -0.25) is 9.78 Å². The van der Waals surface area contributed by atoms with Gasteiger partial charge < -0.3 is 9.26 Å². The number of piperidine rings is 1. The van der Waals surface area contributed by atoms with E-state index in [1.807, 2.05) is 24.3 Å². The van der Waals surface area contributed by atoms with E-state index in [1.54, 1.807) is 6.07 Å². The van der Waals surface area contributed by atoms with Crippen LogP contribution in [-0.4, -0.2) is 46.9 Å². The van der Waals surface area contributed by atoms with E-state index in [4.69, 9.17) is 9.26 Å². The molecule has 0 aliphatic carbocycles. The predicted molar refractivity (Wildman–Crippen MR) is 119 cm³/mol. The van der Waals surface area contributed by atoms with Crippen molar-refractivity contribution in [2.24, 2.45) is 5.92 Å². The molecular weight excluding hydrogens is 444 g/mol. The standard InChI is InChI=1S/C23H26N4O5S/c1-16(2)17-5-7-18(8-6-17)22-25-21(32-26-22)15-31-23(28)19-9-12-27(13-10-19)33(29,30)20-4-3-11-24-14-20/h3-8,11,14,16,19H,9-10,12-13,15H2,1-2H3. The van der Waals surface area contributed by atoms with E-state index in [2.05, 4.69) is 29.0 Å². The SMILES string of the molecule is CC(C)c1ccc(-c2noc(COC(=O)C3CCN(S(=O)(=O)c4cccnc4)CC3)n2)cc1. The van der Waals surface area contributed by atoms with Crippen LogP contribution >= 0.6 is 0 Å². The number of benzene rings is 1. The lowest BCUT2D eigenvalue weighted by atomic mass is 9.98. The number of rotatable bonds is 7. The van der Waals surface area contributed by atoms with Crippen LogP contribution in [0.25, 0.3) is 11.4 Å². The zero-order valence-corrected chi connectivity index (χ0v) is 19.4. The Morgan fingerprint density at radius 2 is 1.91 bits per heavy atom. The van der Waals surface area contributed by atoms with Crippen molar-refractivity contribution in [2.75, 3.05) is 13.1 Å². The fourth-order valence-electron chi connectivity index (χ4n) is 3.68. The summed E-state index contributed by atoms with van der Waals surface area (Å²) in [5.41, 5.74) is 2.04. The van der Waals surface area contributed by atoms with Gasteiger partial charge in [-0.05, 0) is 36.5 Å². The van der Waals surface area contributed by atoms with Crippen molar-refractivity contribution >= 4 is 16.0 Å². The van der Waals surface area contributed by atoms with Gasteiger partial charge in [0.25, 0.3) is 5.89 Å². The van der Waals surface area contributed by atoms with Crippen molar-refractivity contribution in [3.05, 3.63) is 60.2 Å². The van der Waals surface area contributed by atoms with Crippen LogP contribution in [0.4, 0.5) is 0 Å². The summed E-state index contributed by atoms with van der Waals surface area (Å²) >= 11 is 0. The zero-order valence-electron chi connectivity index (χ0n) is 18.5. The van der Waals surface area contributed by atoms with E-state index >= 15 is 0 Å². The van der Waals surface area contributed by atoms with E-state index in [1.165, 1.54) is 28.3 Å². The molecule has 3 aromatic rings. The second-order valence-corrected chi connectivity index (χ2v) is 10.2. The Labute approximate surface area is 192 Å². The van der Waals surface area contributed by atoms with Crippen molar-refractivity contribution in [3.8, 4) is 11.4 Å². The van der Waals surface area contributed by atoms with Crippen molar-refractivity contribution in [3.63, 3.8) is 0 Å². The Balaban J connectivity index is 1.29. The molecule has 0 spiro atoms. The second-order valence-electron chi connectivity index (χ2n) is 8.26. The fourth-order valence-corrected chi connectivity index (χ4v) is 5.11. The molecule has 0 radical (unpaired) electrons. The third-order valence-electron chi connectivity index (χ3n) is 5.70. The highest BCUT2D eigenvalue weighted by Crippen LogP contribution is 2.25. The summed E-state index contributed by atoms with van der Waals surface area (Å²) in [4.78, 5) is 20.8. The number of carbonyl (C=O) groups is 1. The number of aromatic nitrogens is 3. The number of nitrogens with zero attached hydrogens (tertiary/aromatic N) is 4. The van der Waals surface area contributed by atoms with E-state index in [-0.39, 0.29) is 36.4 Å². The Hall–Kier alpha value is -3.11. The van der Waals surface area contributed by atoms with Gasteiger partial charge in [0.05, 0.1) is 5.92 Å². The molecular formula is C23H26N4O5S. The molecule has 4 rings (SSSR count). The molecule has 0 bridgehead atoms. The van der Waals surface area contributed by atoms with Crippen molar-refractivity contribution in [1.29, 1.82) is 0 Å². The van der Waals surface area contributed by atoms with Gasteiger partial charge in [0, 0.05) is 31.0 Å². The zero-order chi connectivity index (χ0) is 23.4. The summed E-state index contributed by atoms with van der Waals surface area (Å²) in [6, 6.07) is 11.0. The summed E-state index contributed by atoms with van der Waals surface area (Å²) in [5, 5.41) is 3.96. The smallest absolute Gasteiger partial charge is 0.309 e. The van der Waals surface area contributed by atoms with Crippen molar-refractivity contribution in [1.82, 2.24) is 19.4 Å². The van der Waals surface area contributed by atoms with Gasteiger partial charge >= 0.3 is 5.97 Å². The highest BCUT2D eigenvalue weighted by atomic mass is 32.2. The van der Waals surface area contributed by atoms with Crippen LogP contribution in [0.5, 0.6) is 0 Å². The van der Waals surface area contributed by atoms with Gasteiger partial charge in [-0.2, -0.15) is 9.29 Å². The summed E-state index contributed by atoms with van der Waals surface area (Å²) in [6.45, 7) is 4.62. The van der Waals surface area contributed by atoms with Crippen LogP contribution in [-0.2, 0) is 26.2 Å². The highest BCUT2D eigenvalue weighted by molar-refractivity contribution is 7.89. The molecule has 0 saturated carbocycles. The largest absolute Gasteiger partial charge is 0.455 e. The molecule has 0 amide bonds. The van der Waals surface area contributed by atoms with Crippen LogP contribution in [0.15, 0.2) is 58.2 Å². The molecule has 174 valence electrons. The molecule has 1 aromatic carbocycles. The number of esters is 1. The number of hydrogen-bond acceptors (Lipinski definition) is 8. The molecule has 3 heterocycles. The molecule has 1 aliphatic rings. The van der Waals surface area contributed by atoms with Crippen LogP contribution in [0.1, 0.15) is 44.1 Å². The van der Waals surface area contributed by atoms with Gasteiger partial charge in [0.1, 0.15) is 4.90 Å². The summed E-state index contributed by atoms with van der Waals surface area (Å²) in [6.07, 6.45) is 3.62. The first-order valence-electron chi connectivity index (χ1n) is 10.8. The Morgan fingerprint density at radius 3 is 2.55 bits per heavy atom. The van der Waals surface area contributed by atoms with E-state index in [0.29, 0.717) is 24.6 Å². The molecule has 1 saturated heterocycles. The van der Waals surface area contributed by atoms with E-state index in [9.17, 15) is 13.2 Å². The van der Waals surface area contributed by atoms with Crippen molar-refractivity contribution < 1.29 is 22.5 Å². The third-order valence-corrected chi connectivity index (χ3v) is 7.58. The molecule has 9 nitrogen and oxygen atoms in total. The molecule has 0 atom stereocenters. The molecule has 1 aliphatic heterocycles. The normalized spacial score (nSPS) is 15.6. The number of hydrogen-bond donors (Lipinski definition) is 0. The topological polar surface area (TPSA) is 115 Å². The van der Waals surface area contributed by atoms with Gasteiger partial charge in [-0.15, -0.1) is 0 Å². The van der Waals surface area contributed by atoms with Crippen molar-refractivity contribution in [2.45, 2.75) is 44.1 Å². The number of sulfonamides is 1. The van der Waals surface area contributed by atoms with E-state index < -0.39 is 16.0 Å². The molecule has 0 N–H and O–H groups in total.